The first-order valence-electron chi connectivity index (χ1n) is 6.37. The molecule has 6 nitrogen and oxygen atoms in total. The minimum atomic E-state index is -0.212. The van der Waals surface area contributed by atoms with Gasteiger partial charge in [-0.25, -0.2) is 4.98 Å². The second-order valence-electron chi connectivity index (χ2n) is 4.35. The van der Waals surface area contributed by atoms with E-state index in [0.29, 0.717) is 12.3 Å². The van der Waals surface area contributed by atoms with Crippen LogP contribution in [0, 0.1) is 0 Å². The summed E-state index contributed by atoms with van der Waals surface area (Å²) in [6.07, 6.45) is 5.50. The summed E-state index contributed by atoms with van der Waals surface area (Å²) in [7, 11) is 1.56. The topological polar surface area (TPSA) is 78.9 Å². The molecule has 1 unspecified atom stereocenters. The van der Waals surface area contributed by atoms with Gasteiger partial charge in [0.2, 0.25) is 5.88 Å². The van der Waals surface area contributed by atoms with E-state index < -0.39 is 0 Å². The number of methoxy groups -OCH3 is 1. The predicted molar refractivity (Wildman–Crippen MR) is 71.7 cm³/mol. The van der Waals surface area contributed by atoms with Gasteiger partial charge in [0.15, 0.2) is 0 Å². The lowest BCUT2D eigenvalue weighted by Crippen LogP contribution is -2.18. The van der Waals surface area contributed by atoms with Gasteiger partial charge in [-0.15, -0.1) is 5.10 Å². The number of imidazole rings is 1. The van der Waals surface area contributed by atoms with Crippen LogP contribution in [0.4, 0.5) is 0 Å². The van der Waals surface area contributed by atoms with Gasteiger partial charge in [-0.2, -0.15) is 5.10 Å². The Morgan fingerprint density at radius 3 is 2.84 bits per heavy atom. The number of nitrogens with two attached hydrogens (primary N) is 1. The summed E-state index contributed by atoms with van der Waals surface area (Å²) >= 11 is 0. The van der Waals surface area contributed by atoms with E-state index in [1.807, 2.05) is 12.3 Å². The van der Waals surface area contributed by atoms with Crippen molar-refractivity contribution >= 4 is 0 Å². The van der Waals surface area contributed by atoms with Gasteiger partial charge >= 0.3 is 0 Å². The fourth-order valence-electron chi connectivity index (χ4n) is 1.91. The number of aromatic nitrogens is 4. The van der Waals surface area contributed by atoms with Crippen LogP contribution in [0.2, 0.25) is 0 Å². The van der Waals surface area contributed by atoms with E-state index in [4.69, 9.17) is 10.5 Å². The molecule has 6 heteroatoms. The molecule has 0 radical (unpaired) electrons. The van der Waals surface area contributed by atoms with Crippen molar-refractivity contribution in [1.82, 2.24) is 19.7 Å². The molecule has 2 N–H and O–H groups in total. The molecule has 2 aromatic rings. The van der Waals surface area contributed by atoms with E-state index in [1.54, 1.807) is 19.4 Å². The molecule has 0 saturated carbocycles. The molecule has 0 amide bonds. The van der Waals surface area contributed by atoms with Crippen molar-refractivity contribution in [3.63, 3.8) is 0 Å². The molecule has 0 fully saturated rings. The summed E-state index contributed by atoms with van der Waals surface area (Å²) in [4.78, 5) is 4.34. The fourth-order valence-corrected chi connectivity index (χ4v) is 1.91. The van der Waals surface area contributed by atoms with Crippen molar-refractivity contribution in [1.29, 1.82) is 0 Å². The molecule has 0 aliphatic heterocycles. The number of rotatable bonds is 6. The van der Waals surface area contributed by atoms with Crippen LogP contribution >= 0.6 is 0 Å². The minimum absolute atomic E-state index is 0.212. The Labute approximate surface area is 112 Å². The smallest absolute Gasteiger partial charge is 0.233 e. The zero-order valence-corrected chi connectivity index (χ0v) is 11.3. The third kappa shape index (κ3) is 3.29. The number of ether oxygens (including phenoxy) is 1. The Balaban J connectivity index is 2.06. The average molecular weight is 261 g/mol. The normalized spacial score (nSPS) is 12.4. The van der Waals surface area contributed by atoms with E-state index in [1.165, 1.54) is 0 Å². The third-order valence-corrected chi connectivity index (χ3v) is 2.92. The van der Waals surface area contributed by atoms with Gasteiger partial charge in [-0.05, 0) is 12.5 Å². The maximum Gasteiger partial charge on any atom is 0.233 e. The molecule has 2 rings (SSSR count). The van der Waals surface area contributed by atoms with Crippen molar-refractivity contribution < 1.29 is 4.74 Å². The highest BCUT2D eigenvalue weighted by Gasteiger charge is 2.13. The molecule has 19 heavy (non-hydrogen) atoms. The van der Waals surface area contributed by atoms with Gasteiger partial charge in [-0.3, -0.25) is 0 Å². The molecule has 0 bridgehead atoms. The van der Waals surface area contributed by atoms with E-state index in [0.717, 1.165) is 24.5 Å². The molecule has 1 atom stereocenters. The second-order valence-corrected chi connectivity index (χ2v) is 4.35. The number of nitrogens with zero attached hydrogens (tertiary/aromatic N) is 4. The van der Waals surface area contributed by atoms with Crippen LogP contribution in [-0.2, 0) is 13.0 Å². The zero-order valence-electron chi connectivity index (χ0n) is 11.3. The van der Waals surface area contributed by atoms with Crippen LogP contribution in [0.5, 0.6) is 5.88 Å². The van der Waals surface area contributed by atoms with Crippen molar-refractivity contribution in [2.75, 3.05) is 7.11 Å². The summed E-state index contributed by atoms with van der Waals surface area (Å²) in [5.41, 5.74) is 6.89. The summed E-state index contributed by atoms with van der Waals surface area (Å²) in [6, 6.07) is 3.39. The van der Waals surface area contributed by atoms with Crippen molar-refractivity contribution in [2.24, 2.45) is 5.73 Å². The lowest BCUT2D eigenvalue weighted by atomic mass is 10.1. The average Bonchev–Trinajstić information content (AvgIpc) is 2.86. The third-order valence-electron chi connectivity index (χ3n) is 2.92. The van der Waals surface area contributed by atoms with Crippen LogP contribution in [0.15, 0.2) is 24.5 Å². The highest BCUT2D eigenvalue weighted by Crippen LogP contribution is 2.14. The molecule has 102 valence electrons. The van der Waals surface area contributed by atoms with E-state index in [-0.39, 0.29) is 6.04 Å². The lowest BCUT2D eigenvalue weighted by molar-refractivity contribution is 0.390. The molecular weight excluding hydrogens is 242 g/mol. The SMILES string of the molecule is CCCn1ccnc1CC(N)c1ccc(OC)nn1. The first-order chi connectivity index (χ1) is 9.24. The van der Waals surface area contributed by atoms with E-state index in [2.05, 4.69) is 26.7 Å². The van der Waals surface area contributed by atoms with Gasteiger partial charge in [-0.1, -0.05) is 6.92 Å². The largest absolute Gasteiger partial charge is 0.480 e. The highest BCUT2D eigenvalue weighted by molar-refractivity contribution is 5.15. The molecule has 0 spiro atoms. The first kappa shape index (κ1) is 13.5. The van der Waals surface area contributed by atoms with Crippen LogP contribution in [0.3, 0.4) is 0 Å². The summed E-state index contributed by atoms with van der Waals surface area (Å²) in [5, 5.41) is 8.00. The molecule has 2 heterocycles. The van der Waals surface area contributed by atoms with Crippen molar-refractivity contribution in [3.8, 4) is 5.88 Å². The van der Waals surface area contributed by atoms with E-state index >= 15 is 0 Å². The quantitative estimate of drug-likeness (QED) is 0.848. The van der Waals surface area contributed by atoms with Gasteiger partial charge in [0.1, 0.15) is 5.82 Å². The highest BCUT2D eigenvalue weighted by atomic mass is 16.5. The maximum absolute atomic E-state index is 6.15. The number of aryl methyl sites for hydroxylation is 1. The van der Waals surface area contributed by atoms with Crippen LogP contribution in [0.1, 0.15) is 30.9 Å². The maximum atomic E-state index is 6.15. The standard InChI is InChI=1S/C13H19N5O/c1-3-7-18-8-6-15-12(18)9-10(14)11-4-5-13(19-2)17-16-11/h4-6,8,10H,3,7,9,14H2,1-2H3. The lowest BCUT2D eigenvalue weighted by Gasteiger charge is -2.12. The Morgan fingerprint density at radius 1 is 1.37 bits per heavy atom. The second kappa shape index (κ2) is 6.29. The van der Waals surface area contributed by atoms with Crippen molar-refractivity contribution in [3.05, 3.63) is 36.0 Å². The van der Waals surface area contributed by atoms with Gasteiger partial charge < -0.3 is 15.0 Å². The summed E-state index contributed by atoms with van der Waals surface area (Å²) in [6.45, 7) is 3.09. The molecule has 2 aromatic heterocycles. The van der Waals surface area contributed by atoms with Gasteiger partial charge in [0.05, 0.1) is 18.8 Å². The predicted octanol–water partition coefficient (Wildman–Crippen LogP) is 1.33. The van der Waals surface area contributed by atoms with Gasteiger partial charge in [0, 0.05) is 31.4 Å². The Kier molecular flexibility index (Phi) is 4.46. The van der Waals surface area contributed by atoms with Crippen LogP contribution < -0.4 is 10.5 Å². The number of hydrogen-bond donors (Lipinski definition) is 1. The Morgan fingerprint density at radius 2 is 2.21 bits per heavy atom. The molecule has 0 aromatic carbocycles. The Bertz CT molecular complexity index is 508. The Hall–Kier alpha value is -1.95. The molecule has 0 aliphatic carbocycles. The summed E-state index contributed by atoms with van der Waals surface area (Å²) < 4.78 is 7.10. The first-order valence-corrected chi connectivity index (χ1v) is 6.37. The van der Waals surface area contributed by atoms with E-state index in [9.17, 15) is 0 Å². The van der Waals surface area contributed by atoms with Crippen LogP contribution in [0.25, 0.3) is 0 Å². The van der Waals surface area contributed by atoms with Crippen molar-refractivity contribution in [2.45, 2.75) is 32.4 Å². The van der Waals surface area contributed by atoms with Crippen LogP contribution in [-0.4, -0.2) is 26.9 Å². The molecule has 0 aliphatic rings. The fraction of sp³-hybridized carbons (Fsp3) is 0.462. The minimum Gasteiger partial charge on any atom is -0.480 e. The summed E-state index contributed by atoms with van der Waals surface area (Å²) in [5.74, 6) is 1.47. The monoisotopic (exact) mass is 261 g/mol. The molecular formula is C13H19N5O. The molecule has 0 saturated heterocycles. The zero-order chi connectivity index (χ0) is 13.7. The number of hydrogen-bond acceptors (Lipinski definition) is 5. The van der Waals surface area contributed by atoms with Gasteiger partial charge in [0.25, 0.3) is 0 Å².